The van der Waals surface area contributed by atoms with Gasteiger partial charge in [0.05, 0.1) is 10.4 Å². The van der Waals surface area contributed by atoms with Crippen LogP contribution in [0.1, 0.15) is 33.1 Å². The Morgan fingerprint density at radius 2 is 2.10 bits per heavy atom. The van der Waals surface area contributed by atoms with E-state index in [1.807, 2.05) is 26.2 Å². The summed E-state index contributed by atoms with van der Waals surface area (Å²) in [5.41, 5.74) is 9.03. The molecule has 1 atom stereocenters. The number of nitrogens with zero attached hydrogens (tertiary/aromatic N) is 4. The predicted molar refractivity (Wildman–Crippen MR) is 127 cm³/mol. The van der Waals surface area contributed by atoms with E-state index in [1.165, 1.54) is 16.9 Å². The first-order valence-electron chi connectivity index (χ1n) is 10.5. The van der Waals surface area contributed by atoms with Crippen molar-refractivity contribution in [2.24, 2.45) is 5.73 Å². The van der Waals surface area contributed by atoms with Gasteiger partial charge in [0.25, 0.3) is 5.91 Å². The maximum Gasteiger partial charge on any atom is 0.259 e. The zero-order chi connectivity index (χ0) is 21.5. The molecule has 0 saturated carbocycles. The first kappa shape index (κ1) is 19.9. The number of rotatable bonds is 5. The molecule has 0 unspecified atom stereocenters. The molecule has 1 aliphatic heterocycles. The largest absolute Gasteiger partial charge is 0.365 e. The van der Waals surface area contributed by atoms with Crippen molar-refractivity contribution in [1.29, 1.82) is 0 Å². The third kappa shape index (κ3) is 3.64. The van der Waals surface area contributed by atoms with Gasteiger partial charge < -0.3 is 10.6 Å². The van der Waals surface area contributed by atoms with Gasteiger partial charge in [0, 0.05) is 55.6 Å². The molecule has 1 saturated heterocycles. The van der Waals surface area contributed by atoms with Crippen molar-refractivity contribution in [2.75, 3.05) is 32.1 Å². The van der Waals surface area contributed by atoms with Crippen LogP contribution < -0.4 is 10.6 Å². The second-order valence-corrected chi connectivity index (χ2v) is 9.34. The van der Waals surface area contributed by atoms with Gasteiger partial charge in [0.1, 0.15) is 10.6 Å². The first-order chi connectivity index (χ1) is 15.0. The summed E-state index contributed by atoms with van der Waals surface area (Å²) in [6.07, 6.45) is 2.77. The topological polar surface area (TPSA) is 75.3 Å². The fraction of sp³-hybridized carbons (Fsp3) is 0.292. The van der Waals surface area contributed by atoms with Crippen molar-refractivity contribution in [3.8, 4) is 0 Å². The number of anilines is 1. The average Bonchev–Trinajstić information content (AvgIpc) is 3.37. The lowest BCUT2D eigenvalue weighted by molar-refractivity contribution is 0.100. The highest BCUT2D eigenvalue weighted by atomic mass is 32.1. The summed E-state index contributed by atoms with van der Waals surface area (Å²) in [6.45, 7) is 2.69. The number of aromatic nitrogens is 2. The molecule has 1 aliphatic rings. The zero-order valence-electron chi connectivity index (χ0n) is 17.7. The molecule has 0 bridgehead atoms. The molecule has 158 valence electrons. The van der Waals surface area contributed by atoms with Gasteiger partial charge in [-0.25, -0.2) is 9.97 Å². The van der Waals surface area contributed by atoms with Crippen molar-refractivity contribution in [1.82, 2.24) is 14.9 Å². The van der Waals surface area contributed by atoms with Gasteiger partial charge in [0.15, 0.2) is 0 Å². The molecule has 4 heterocycles. The van der Waals surface area contributed by atoms with Gasteiger partial charge in [-0.05, 0) is 36.7 Å². The van der Waals surface area contributed by atoms with Crippen LogP contribution in [0.4, 0.5) is 5.82 Å². The van der Waals surface area contributed by atoms with E-state index in [9.17, 15) is 4.79 Å². The highest BCUT2D eigenvalue weighted by molar-refractivity contribution is 7.20. The second kappa shape index (κ2) is 7.90. The van der Waals surface area contributed by atoms with Crippen LogP contribution in [-0.4, -0.2) is 48.0 Å². The van der Waals surface area contributed by atoms with E-state index in [-0.39, 0.29) is 11.8 Å². The molecule has 4 aromatic rings. The molecule has 0 aliphatic carbocycles. The highest BCUT2D eigenvalue weighted by Gasteiger charge is 2.30. The Hall–Kier alpha value is -3.03. The van der Waals surface area contributed by atoms with Crippen LogP contribution >= 0.6 is 11.3 Å². The van der Waals surface area contributed by atoms with Gasteiger partial charge >= 0.3 is 0 Å². The van der Waals surface area contributed by atoms with E-state index < -0.39 is 0 Å². The molecule has 6 nitrogen and oxygen atoms in total. The van der Waals surface area contributed by atoms with Gasteiger partial charge in [-0.2, -0.15) is 0 Å². The molecule has 5 rings (SSSR count). The Morgan fingerprint density at radius 1 is 1.26 bits per heavy atom. The minimum absolute atomic E-state index is 0.275. The molecular weight excluding hydrogens is 406 g/mol. The lowest BCUT2D eigenvalue weighted by Crippen LogP contribution is -2.23. The first-order valence-corrected chi connectivity index (χ1v) is 11.3. The summed E-state index contributed by atoms with van der Waals surface area (Å²) in [6, 6.07) is 14.5. The third-order valence-corrected chi connectivity index (χ3v) is 7.15. The molecule has 0 spiro atoms. The van der Waals surface area contributed by atoms with Gasteiger partial charge in [0.2, 0.25) is 0 Å². The van der Waals surface area contributed by atoms with E-state index in [2.05, 4.69) is 45.1 Å². The normalized spacial score (nSPS) is 16.9. The molecule has 0 radical (unpaired) electrons. The lowest BCUT2D eigenvalue weighted by atomic mass is 9.95. The maximum absolute atomic E-state index is 12.1. The summed E-state index contributed by atoms with van der Waals surface area (Å²) in [7, 11) is 4.08. The van der Waals surface area contributed by atoms with E-state index in [0.717, 1.165) is 58.6 Å². The predicted octanol–water partition coefficient (Wildman–Crippen LogP) is 4.00. The van der Waals surface area contributed by atoms with E-state index in [0.29, 0.717) is 4.88 Å². The monoisotopic (exact) mass is 431 g/mol. The van der Waals surface area contributed by atoms with Crippen LogP contribution in [0.25, 0.3) is 21.1 Å². The summed E-state index contributed by atoms with van der Waals surface area (Å²) in [5.74, 6) is 0.923. The number of hydrogen-bond donors (Lipinski definition) is 1. The molecule has 3 aromatic heterocycles. The van der Waals surface area contributed by atoms with Gasteiger partial charge in [-0.3, -0.25) is 9.69 Å². The minimum Gasteiger partial charge on any atom is -0.365 e. The molecule has 7 heteroatoms. The van der Waals surface area contributed by atoms with E-state index in [4.69, 9.17) is 10.7 Å². The lowest BCUT2D eigenvalue weighted by Gasteiger charge is -2.22. The number of carbonyl (C=O) groups is 1. The SMILES string of the molecule is CN(C)c1nc2ccccc2cc1CN1CC[C@H](c2c(C(N)=O)sc3ncccc23)C1. The summed E-state index contributed by atoms with van der Waals surface area (Å²) in [5, 5.41) is 2.22. The number of pyridine rings is 2. The van der Waals surface area contributed by atoms with E-state index in [1.54, 1.807) is 6.20 Å². The Labute approximate surface area is 185 Å². The smallest absolute Gasteiger partial charge is 0.259 e. The highest BCUT2D eigenvalue weighted by Crippen LogP contribution is 2.39. The minimum atomic E-state index is -0.356. The van der Waals surface area contributed by atoms with Crippen molar-refractivity contribution in [3.05, 3.63) is 64.7 Å². The Bertz CT molecular complexity index is 1280. The van der Waals surface area contributed by atoms with Crippen LogP contribution in [0.3, 0.4) is 0 Å². The molecule has 2 N–H and O–H groups in total. The maximum atomic E-state index is 12.1. The van der Waals surface area contributed by atoms with Crippen molar-refractivity contribution in [2.45, 2.75) is 18.9 Å². The molecule has 1 fully saturated rings. The number of likely N-dealkylation sites (tertiary alicyclic amines) is 1. The fourth-order valence-electron chi connectivity index (χ4n) is 4.65. The third-order valence-electron chi connectivity index (χ3n) is 6.01. The number of fused-ring (bicyclic) bond motifs is 2. The molecule has 31 heavy (non-hydrogen) atoms. The number of amides is 1. The van der Waals surface area contributed by atoms with Crippen LogP contribution in [0.5, 0.6) is 0 Å². The number of benzene rings is 1. The van der Waals surface area contributed by atoms with Gasteiger partial charge in [-0.15, -0.1) is 11.3 Å². The summed E-state index contributed by atoms with van der Waals surface area (Å²) >= 11 is 1.41. The molecule has 1 amide bonds. The van der Waals surface area contributed by atoms with Crippen LogP contribution in [0.2, 0.25) is 0 Å². The number of primary amides is 1. The zero-order valence-corrected chi connectivity index (χ0v) is 18.5. The number of nitrogens with two attached hydrogens (primary N) is 1. The van der Waals surface area contributed by atoms with Crippen LogP contribution in [0.15, 0.2) is 48.7 Å². The van der Waals surface area contributed by atoms with Gasteiger partial charge in [-0.1, -0.05) is 24.3 Å². The fourth-order valence-corrected chi connectivity index (χ4v) is 5.73. The summed E-state index contributed by atoms with van der Waals surface area (Å²) < 4.78 is 0. The number of thiophene rings is 1. The van der Waals surface area contributed by atoms with Crippen molar-refractivity contribution < 1.29 is 4.79 Å². The van der Waals surface area contributed by atoms with E-state index >= 15 is 0 Å². The Balaban J connectivity index is 1.45. The second-order valence-electron chi connectivity index (χ2n) is 8.34. The van der Waals surface area contributed by atoms with Crippen molar-refractivity contribution >= 4 is 44.2 Å². The number of carbonyl (C=O) groups excluding carboxylic acids is 1. The van der Waals surface area contributed by atoms with Crippen LogP contribution in [0, 0.1) is 0 Å². The molecular formula is C24H25N5OS. The molecule has 1 aromatic carbocycles. The van der Waals surface area contributed by atoms with Crippen molar-refractivity contribution in [3.63, 3.8) is 0 Å². The quantitative estimate of drug-likeness (QED) is 0.517. The number of para-hydroxylation sites is 1. The van der Waals surface area contributed by atoms with Crippen LogP contribution in [-0.2, 0) is 6.54 Å². The Morgan fingerprint density at radius 3 is 2.90 bits per heavy atom. The number of hydrogen-bond acceptors (Lipinski definition) is 6. The standard InChI is InChI=1S/C24H25N5OS/c1-28(2)23-17(12-15-6-3-4-8-19(15)27-23)14-29-11-9-16(13-29)20-18-7-5-10-26-24(18)31-21(20)22(25)30/h3-8,10,12,16H,9,11,13-14H2,1-2H3,(H2,25,30)/t16-/m0/s1. The Kier molecular flexibility index (Phi) is 5.08. The summed E-state index contributed by atoms with van der Waals surface area (Å²) in [4.78, 5) is 27.6. The average molecular weight is 432 g/mol.